The molecular formula is C28H29N3O3. The molecule has 1 saturated heterocycles. The van der Waals surface area contributed by atoms with Crippen LogP contribution in [0.25, 0.3) is 0 Å². The molecule has 0 bridgehead atoms. The molecule has 0 aliphatic carbocycles. The number of nitrogens with zero attached hydrogens (tertiary/aromatic N) is 1. The van der Waals surface area contributed by atoms with Crippen molar-refractivity contribution in [2.24, 2.45) is 0 Å². The number of carbonyl (C=O) groups is 3. The number of amides is 4. The van der Waals surface area contributed by atoms with Crippen molar-refractivity contribution in [2.75, 3.05) is 5.32 Å². The first-order chi connectivity index (χ1) is 16.4. The smallest absolute Gasteiger partial charge is 0.324 e. The Morgan fingerprint density at radius 2 is 1.38 bits per heavy atom. The summed E-state index contributed by atoms with van der Waals surface area (Å²) in [6.45, 7) is 3.64. The standard InChI is InChI=1S/C28H29N3O3/c1-3-21-14-16-24(17-15-21)29-25(32)20(2)31-26(33)28(30-27(31)34,18-22-10-6-4-7-11-22)19-23-12-8-5-9-13-23/h4-17,20H,3,18-19H2,1-2H3,(H,29,32)(H,30,34)/t20-/m0/s1. The van der Waals surface area contributed by atoms with Crippen LogP contribution >= 0.6 is 0 Å². The Kier molecular flexibility index (Phi) is 6.77. The Labute approximate surface area is 200 Å². The minimum atomic E-state index is -1.17. The minimum absolute atomic E-state index is 0.330. The fraction of sp³-hybridized carbons (Fsp3) is 0.250. The molecule has 3 aromatic rings. The van der Waals surface area contributed by atoms with Crippen molar-refractivity contribution in [1.82, 2.24) is 10.2 Å². The van der Waals surface area contributed by atoms with E-state index in [1.165, 1.54) is 0 Å². The van der Waals surface area contributed by atoms with Gasteiger partial charge in [-0.25, -0.2) is 9.69 Å². The second-order valence-corrected chi connectivity index (χ2v) is 8.73. The van der Waals surface area contributed by atoms with Gasteiger partial charge in [0, 0.05) is 18.5 Å². The van der Waals surface area contributed by atoms with Gasteiger partial charge < -0.3 is 10.6 Å². The van der Waals surface area contributed by atoms with Crippen LogP contribution in [0, 0.1) is 0 Å². The van der Waals surface area contributed by atoms with Gasteiger partial charge in [-0.05, 0) is 42.2 Å². The highest BCUT2D eigenvalue weighted by atomic mass is 16.2. The van der Waals surface area contributed by atoms with Crippen LogP contribution < -0.4 is 10.6 Å². The molecule has 0 unspecified atom stereocenters. The van der Waals surface area contributed by atoms with Crippen molar-refractivity contribution >= 4 is 23.5 Å². The molecule has 1 aliphatic heterocycles. The Hall–Kier alpha value is -3.93. The topological polar surface area (TPSA) is 78.5 Å². The first-order valence-electron chi connectivity index (χ1n) is 11.6. The number of urea groups is 1. The molecule has 1 heterocycles. The van der Waals surface area contributed by atoms with Gasteiger partial charge in [-0.3, -0.25) is 9.59 Å². The lowest BCUT2D eigenvalue weighted by molar-refractivity contribution is -0.136. The molecule has 2 N–H and O–H groups in total. The van der Waals surface area contributed by atoms with Crippen LogP contribution in [0.15, 0.2) is 84.9 Å². The lowest BCUT2D eigenvalue weighted by atomic mass is 9.84. The lowest BCUT2D eigenvalue weighted by Gasteiger charge is -2.28. The Balaban J connectivity index is 1.58. The van der Waals surface area contributed by atoms with Gasteiger partial charge in [0.25, 0.3) is 5.91 Å². The van der Waals surface area contributed by atoms with E-state index in [1.54, 1.807) is 6.92 Å². The number of aryl methyl sites for hydroxylation is 1. The summed E-state index contributed by atoms with van der Waals surface area (Å²) in [6.07, 6.45) is 1.56. The maximum absolute atomic E-state index is 13.8. The molecule has 0 spiro atoms. The minimum Gasteiger partial charge on any atom is -0.324 e. The number of hydrogen-bond donors (Lipinski definition) is 2. The molecule has 0 aromatic heterocycles. The van der Waals surface area contributed by atoms with Crippen LogP contribution in [0.3, 0.4) is 0 Å². The molecule has 4 rings (SSSR count). The number of anilines is 1. The highest BCUT2D eigenvalue weighted by Crippen LogP contribution is 2.29. The monoisotopic (exact) mass is 455 g/mol. The van der Waals surface area contributed by atoms with Crippen LogP contribution in [-0.4, -0.2) is 34.3 Å². The van der Waals surface area contributed by atoms with Gasteiger partial charge in [0.15, 0.2) is 0 Å². The van der Waals surface area contributed by atoms with Gasteiger partial charge in [-0.2, -0.15) is 0 Å². The van der Waals surface area contributed by atoms with E-state index in [2.05, 4.69) is 17.6 Å². The molecule has 4 amide bonds. The van der Waals surface area contributed by atoms with E-state index in [9.17, 15) is 14.4 Å². The largest absolute Gasteiger partial charge is 0.325 e. The van der Waals surface area contributed by atoms with Crippen LogP contribution in [-0.2, 0) is 28.9 Å². The van der Waals surface area contributed by atoms with Gasteiger partial charge in [0.1, 0.15) is 11.6 Å². The summed E-state index contributed by atoms with van der Waals surface area (Å²) in [4.78, 5) is 40.9. The molecule has 0 radical (unpaired) electrons. The second kappa shape index (κ2) is 9.91. The van der Waals surface area contributed by atoms with Gasteiger partial charge in [-0.1, -0.05) is 79.7 Å². The predicted molar refractivity (Wildman–Crippen MR) is 132 cm³/mol. The molecule has 6 nitrogen and oxygen atoms in total. The van der Waals surface area contributed by atoms with E-state index in [0.29, 0.717) is 18.5 Å². The molecule has 0 saturated carbocycles. The summed E-state index contributed by atoms with van der Waals surface area (Å²) in [7, 11) is 0. The van der Waals surface area contributed by atoms with Gasteiger partial charge in [0.05, 0.1) is 0 Å². The maximum Gasteiger partial charge on any atom is 0.325 e. The van der Waals surface area contributed by atoms with E-state index in [4.69, 9.17) is 0 Å². The van der Waals surface area contributed by atoms with E-state index in [1.807, 2.05) is 84.9 Å². The van der Waals surface area contributed by atoms with E-state index in [-0.39, 0.29) is 0 Å². The Morgan fingerprint density at radius 1 is 0.853 bits per heavy atom. The van der Waals surface area contributed by atoms with Crippen LogP contribution in [0.1, 0.15) is 30.5 Å². The van der Waals surface area contributed by atoms with Gasteiger partial charge in [0.2, 0.25) is 5.91 Å². The number of carbonyl (C=O) groups excluding carboxylic acids is 3. The zero-order valence-corrected chi connectivity index (χ0v) is 19.5. The molecule has 6 heteroatoms. The van der Waals surface area contributed by atoms with Crippen molar-refractivity contribution in [3.63, 3.8) is 0 Å². The third-order valence-corrected chi connectivity index (χ3v) is 6.29. The van der Waals surface area contributed by atoms with Crippen molar-refractivity contribution in [1.29, 1.82) is 0 Å². The van der Waals surface area contributed by atoms with Crippen molar-refractivity contribution < 1.29 is 14.4 Å². The van der Waals surface area contributed by atoms with Gasteiger partial charge in [-0.15, -0.1) is 0 Å². The average molecular weight is 456 g/mol. The van der Waals surface area contributed by atoms with E-state index < -0.39 is 29.4 Å². The SMILES string of the molecule is CCc1ccc(NC(=O)[C@H](C)N2C(=O)NC(Cc3ccccc3)(Cc3ccccc3)C2=O)cc1. The lowest BCUT2D eigenvalue weighted by Crippen LogP contribution is -2.52. The maximum atomic E-state index is 13.8. The van der Waals surface area contributed by atoms with E-state index >= 15 is 0 Å². The molecule has 1 aliphatic rings. The Bertz CT molecular complexity index is 1120. The predicted octanol–water partition coefficient (Wildman–Crippen LogP) is 4.35. The first-order valence-corrected chi connectivity index (χ1v) is 11.6. The number of rotatable bonds is 8. The van der Waals surface area contributed by atoms with Crippen LogP contribution in [0.5, 0.6) is 0 Å². The van der Waals surface area contributed by atoms with Crippen LogP contribution in [0.4, 0.5) is 10.5 Å². The van der Waals surface area contributed by atoms with Crippen LogP contribution in [0.2, 0.25) is 0 Å². The Morgan fingerprint density at radius 3 is 1.88 bits per heavy atom. The molecular weight excluding hydrogens is 426 g/mol. The summed E-state index contributed by atoms with van der Waals surface area (Å²) in [5.74, 6) is -0.808. The van der Waals surface area contributed by atoms with E-state index in [0.717, 1.165) is 28.0 Å². The number of benzene rings is 3. The zero-order chi connectivity index (χ0) is 24.1. The summed E-state index contributed by atoms with van der Waals surface area (Å²) >= 11 is 0. The fourth-order valence-corrected chi connectivity index (χ4v) is 4.37. The zero-order valence-electron chi connectivity index (χ0n) is 19.5. The molecule has 34 heavy (non-hydrogen) atoms. The summed E-state index contributed by atoms with van der Waals surface area (Å²) in [5.41, 5.74) is 2.48. The third kappa shape index (κ3) is 4.86. The van der Waals surface area contributed by atoms with Crippen molar-refractivity contribution in [3.05, 3.63) is 102 Å². The van der Waals surface area contributed by atoms with Crippen molar-refractivity contribution in [2.45, 2.75) is 44.7 Å². The molecule has 174 valence electrons. The van der Waals surface area contributed by atoms with Gasteiger partial charge >= 0.3 is 6.03 Å². The number of nitrogens with one attached hydrogen (secondary N) is 2. The van der Waals surface area contributed by atoms with Crippen molar-refractivity contribution in [3.8, 4) is 0 Å². The molecule has 3 aromatic carbocycles. The highest BCUT2D eigenvalue weighted by molar-refractivity contribution is 6.11. The summed E-state index contributed by atoms with van der Waals surface area (Å²) < 4.78 is 0. The number of hydrogen-bond acceptors (Lipinski definition) is 3. The highest BCUT2D eigenvalue weighted by Gasteiger charge is 2.53. The average Bonchev–Trinajstić information content (AvgIpc) is 3.08. The number of imide groups is 1. The summed E-state index contributed by atoms with van der Waals surface area (Å²) in [6, 6.07) is 25.2. The molecule has 1 atom stereocenters. The summed E-state index contributed by atoms with van der Waals surface area (Å²) in [5, 5.41) is 5.76. The fourth-order valence-electron chi connectivity index (χ4n) is 4.37. The quantitative estimate of drug-likeness (QED) is 0.496. The normalized spacial score (nSPS) is 15.6. The third-order valence-electron chi connectivity index (χ3n) is 6.29. The first kappa shape index (κ1) is 23.2. The molecule has 1 fully saturated rings. The second-order valence-electron chi connectivity index (χ2n) is 8.73.